The highest BCUT2D eigenvalue weighted by atomic mass is 19.1. The summed E-state index contributed by atoms with van der Waals surface area (Å²) >= 11 is 0. The summed E-state index contributed by atoms with van der Waals surface area (Å²) in [6, 6.07) is 12.1. The molecule has 3 heteroatoms. The van der Waals surface area contributed by atoms with Crippen LogP contribution in [-0.4, -0.2) is 0 Å². The van der Waals surface area contributed by atoms with Gasteiger partial charge < -0.3 is 10.5 Å². The molecule has 2 rings (SSSR count). The van der Waals surface area contributed by atoms with E-state index < -0.39 is 0 Å². The minimum absolute atomic E-state index is 0.0732. The number of aryl methyl sites for hydroxylation is 1. The van der Waals surface area contributed by atoms with Crippen molar-refractivity contribution in [3.63, 3.8) is 0 Å². The van der Waals surface area contributed by atoms with Gasteiger partial charge in [0.2, 0.25) is 0 Å². The number of hydrogen-bond acceptors (Lipinski definition) is 2. The van der Waals surface area contributed by atoms with Gasteiger partial charge in [0.25, 0.3) is 0 Å². The fourth-order valence-corrected chi connectivity index (χ4v) is 1.68. The van der Waals surface area contributed by atoms with E-state index in [-0.39, 0.29) is 17.6 Å². The van der Waals surface area contributed by atoms with Gasteiger partial charge in [-0.15, -0.1) is 0 Å². The SMILES string of the molecule is Cc1ccc(F)c(Oc2cccc(C(C)N)c2)c1. The Bertz CT molecular complexity index is 552. The van der Waals surface area contributed by atoms with Gasteiger partial charge in [-0.3, -0.25) is 0 Å². The monoisotopic (exact) mass is 245 g/mol. The van der Waals surface area contributed by atoms with Crippen LogP contribution in [0, 0.1) is 12.7 Å². The third-order valence-electron chi connectivity index (χ3n) is 2.70. The second-order valence-electron chi connectivity index (χ2n) is 4.40. The van der Waals surface area contributed by atoms with E-state index in [0.717, 1.165) is 11.1 Å². The van der Waals surface area contributed by atoms with E-state index in [0.29, 0.717) is 5.75 Å². The molecule has 2 aromatic rings. The summed E-state index contributed by atoms with van der Waals surface area (Å²) in [7, 11) is 0. The molecule has 2 N–H and O–H groups in total. The Morgan fingerprint density at radius 3 is 2.67 bits per heavy atom. The summed E-state index contributed by atoms with van der Waals surface area (Å²) in [5, 5.41) is 0. The van der Waals surface area contributed by atoms with Crippen LogP contribution in [0.3, 0.4) is 0 Å². The Morgan fingerprint density at radius 1 is 1.17 bits per heavy atom. The summed E-state index contributed by atoms with van der Waals surface area (Å²) in [5.41, 5.74) is 7.71. The zero-order valence-corrected chi connectivity index (χ0v) is 10.5. The molecular formula is C15H16FNO. The fraction of sp³-hybridized carbons (Fsp3) is 0.200. The van der Waals surface area contributed by atoms with Crippen LogP contribution in [0.5, 0.6) is 11.5 Å². The Hall–Kier alpha value is -1.87. The Morgan fingerprint density at radius 2 is 1.94 bits per heavy atom. The number of ether oxygens (including phenoxy) is 1. The van der Waals surface area contributed by atoms with E-state index in [1.54, 1.807) is 18.2 Å². The molecule has 2 nitrogen and oxygen atoms in total. The van der Waals surface area contributed by atoms with Crippen molar-refractivity contribution in [2.75, 3.05) is 0 Å². The van der Waals surface area contributed by atoms with Gasteiger partial charge in [-0.1, -0.05) is 18.2 Å². The molecule has 0 fully saturated rings. The van der Waals surface area contributed by atoms with E-state index >= 15 is 0 Å². The molecule has 0 heterocycles. The summed E-state index contributed by atoms with van der Waals surface area (Å²) in [5.74, 6) is 0.456. The molecule has 0 aliphatic rings. The predicted octanol–water partition coefficient (Wildman–Crippen LogP) is 3.95. The van der Waals surface area contributed by atoms with Gasteiger partial charge in [-0.2, -0.15) is 0 Å². The van der Waals surface area contributed by atoms with E-state index in [1.165, 1.54) is 6.07 Å². The first-order chi connectivity index (χ1) is 8.56. The van der Waals surface area contributed by atoms with Crippen LogP contribution in [0.25, 0.3) is 0 Å². The number of nitrogens with two attached hydrogens (primary N) is 1. The van der Waals surface area contributed by atoms with Crippen molar-refractivity contribution < 1.29 is 9.13 Å². The van der Waals surface area contributed by atoms with Crippen LogP contribution in [0.2, 0.25) is 0 Å². The van der Waals surface area contributed by atoms with Gasteiger partial charge in [0.1, 0.15) is 5.75 Å². The first-order valence-corrected chi connectivity index (χ1v) is 5.86. The molecule has 0 radical (unpaired) electrons. The van der Waals surface area contributed by atoms with Crippen LogP contribution >= 0.6 is 0 Å². The smallest absolute Gasteiger partial charge is 0.165 e. The van der Waals surface area contributed by atoms with Gasteiger partial charge in [0, 0.05) is 6.04 Å². The van der Waals surface area contributed by atoms with Gasteiger partial charge in [-0.05, 0) is 49.2 Å². The van der Waals surface area contributed by atoms with Gasteiger partial charge in [-0.25, -0.2) is 4.39 Å². The Balaban J connectivity index is 2.28. The standard InChI is InChI=1S/C15H16FNO/c1-10-6-7-14(16)15(8-10)18-13-5-3-4-12(9-13)11(2)17/h3-9,11H,17H2,1-2H3. The average Bonchev–Trinajstić information content (AvgIpc) is 2.34. The topological polar surface area (TPSA) is 35.2 Å². The Kier molecular flexibility index (Phi) is 3.63. The van der Waals surface area contributed by atoms with Crippen LogP contribution in [0.1, 0.15) is 24.1 Å². The molecule has 0 aromatic heterocycles. The highest BCUT2D eigenvalue weighted by Crippen LogP contribution is 2.27. The van der Waals surface area contributed by atoms with Crippen molar-refractivity contribution in [2.45, 2.75) is 19.9 Å². The third kappa shape index (κ3) is 2.87. The second kappa shape index (κ2) is 5.19. The third-order valence-corrected chi connectivity index (χ3v) is 2.70. The molecule has 1 unspecified atom stereocenters. The zero-order chi connectivity index (χ0) is 13.1. The number of hydrogen-bond donors (Lipinski definition) is 1. The van der Waals surface area contributed by atoms with Crippen molar-refractivity contribution in [3.8, 4) is 11.5 Å². The van der Waals surface area contributed by atoms with Crippen LogP contribution in [-0.2, 0) is 0 Å². The first-order valence-electron chi connectivity index (χ1n) is 5.86. The lowest BCUT2D eigenvalue weighted by molar-refractivity contribution is 0.441. The molecule has 1 atom stereocenters. The predicted molar refractivity (Wildman–Crippen MR) is 70.3 cm³/mol. The summed E-state index contributed by atoms with van der Waals surface area (Å²) in [4.78, 5) is 0. The summed E-state index contributed by atoms with van der Waals surface area (Å²) in [6.07, 6.45) is 0. The van der Waals surface area contributed by atoms with Crippen LogP contribution < -0.4 is 10.5 Å². The quantitative estimate of drug-likeness (QED) is 0.888. The molecule has 0 saturated carbocycles. The van der Waals surface area contributed by atoms with E-state index in [1.807, 2.05) is 32.0 Å². The summed E-state index contributed by atoms with van der Waals surface area (Å²) in [6.45, 7) is 3.79. The molecule has 0 saturated heterocycles. The molecule has 94 valence electrons. The lowest BCUT2D eigenvalue weighted by Gasteiger charge is -2.10. The zero-order valence-electron chi connectivity index (χ0n) is 10.5. The van der Waals surface area contributed by atoms with Crippen molar-refractivity contribution in [1.29, 1.82) is 0 Å². The summed E-state index contributed by atoms with van der Waals surface area (Å²) < 4.78 is 19.1. The highest BCUT2D eigenvalue weighted by molar-refractivity contribution is 5.37. The Labute approximate surface area is 106 Å². The van der Waals surface area contributed by atoms with Crippen molar-refractivity contribution in [2.24, 2.45) is 5.73 Å². The molecule has 0 bridgehead atoms. The van der Waals surface area contributed by atoms with E-state index in [4.69, 9.17) is 10.5 Å². The molecular weight excluding hydrogens is 229 g/mol. The maximum atomic E-state index is 13.6. The lowest BCUT2D eigenvalue weighted by Crippen LogP contribution is -2.04. The average molecular weight is 245 g/mol. The highest BCUT2D eigenvalue weighted by Gasteiger charge is 2.06. The maximum absolute atomic E-state index is 13.6. The van der Waals surface area contributed by atoms with Crippen LogP contribution in [0.15, 0.2) is 42.5 Å². The van der Waals surface area contributed by atoms with E-state index in [2.05, 4.69) is 0 Å². The molecule has 0 amide bonds. The molecule has 18 heavy (non-hydrogen) atoms. The van der Waals surface area contributed by atoms with Crippen LogP contribution in [0.4, 0.5) is 4.39 Å². The van der Waals surface area contributed by atoms with Gasteiger partial charge >= 0.3 is 0 Å². The largest absolute Gasteiger partial charge is 0.454 e. The van der Waals surface area contributed by atoms with Gasteiger partial charge in [0.15, 0.2) is 11.6 Å². The minimum Gasteiger partial charge on any atom is -0.454 e. The van der Waals surface area contributed by atoms with Crippen molar-refractivity contribution in [1.82, 2.24) is 0 Å². The van der Waals surface area contributed by atoms with Gasteiger partial charge in [0.05, 0.1) is 0 Å². The van der Waals surface area contributed by atoms with Crippen molar-refractivity contribution in [3.05, 3.63) is 59.4 Å². The fourth-order valence-electron chi connectivity index (χ4n) is 1.68. The maximum Gasteiger partial charge on any atom is 0.165 e. The normalized spacial score (nSPS) is 12.2. The lowest BCUT2D eigenvalue weighted by atomic mass is 10.1. The number of halogens is 1. The molecule has 0 aliphatic heterocycles. The van der Waals surface area contributed by atoms with Crippen molar-refractivity contribution >= 4 is 0 Å². The minimum atomic E-state index is -0.369. The number of rotatable bonds is 3. The molecule has 0 spiro atoms. The number of benzene rings is 2. The second-order valence-corrected chi connectivity index (χ2v) is 4.40. The first kappa shape index (κ1) is 12.6. The van der Waals surface area contributed by atoms with E-state index in [9.17, 15) is 4.39 Å². The molecule has 2 aromatic carbocycles. The molecule has 0 aliphatic carbocycles.